The molecule has 1 fully saturated rings. The first-order chi connectivity index (χ1) is 14.5. The van der Waals surface area contributed by atoms with E-state index in [-0.39, 0.29) is 18.1 Å². The van der Waals surface area contributed by atoms with Gasteiger partial charge in [0.25, 0.3) is 0 Å². The van der Waals surface area contributed by atoms with E-state index in [1.165, 1.54) is 4.31 Å². The lowest BCUT2D eigenvalue weighted by Crippen LogP contribution is -2.49. The molecule has 0 unspecified atom stereocenters. The highest BCUT2D eigenvalue weighted by atomic mass is 32.2. The molecule has 0 bridgehead atoms. The third-order valence-corrected chi connectivity index (χ3v) is 6.85. The molecule has 0 saturated carbocycles. The number of carbonyl (C=O) groups excluding carboxylic acids is 1. The molecule has 30 heavy (non-hydrogen) atoms. The van der Waals surface area contributed by atoms with Crippen molar-refractivity contribution in [3.8, 4) is 5.75 Å². The highest BCUT2D eigenvalue weighted by molar-refractivity contribution is 7.89. The SMILES string of the molecule is COc1ccc(CC(=O)NCCCS(=O)(=O)N2CCN(c3ncccn3)CC2)cc1. The van der Waals surface area contributed by atoms with Crippen LogP contribution in [0.1, 0.15) is 12.0 Å². The van der Waals surface area contributed by atoms with E-state index in [0.717, 1.165) is 11.3 Å². The van der Waals surface area contributed by atoms with Crippen LogP contribution >= 0.6 is 0 Å². The van der Waals surface area contributed by atoms with Gasteiger partial charge in [-0.25, -0.2) is 18.4 Å². The number of ether oxygens (including phenoxy) is 1. The summed E-state index contributed by atoms with van der Waals surface area (Å²) in [6.45, 7) is 2.25. The summed E-state index contributed by atoms with van der Waals surface area (Å²) in [7, 11) is -1.76. The molecule has 0 aliphatic carbocycles. The van der Waals surface area contributed by atoms with Gasteiger partial charge in [0.15, 0.2) is 0 Å². The number of methoxy groups -OCH3 is 1. The fourth-order valence-corrected chi connectivity index (χ4v) is 4.71. The molecule has 10 heteroatoms. The Kier molecular flexibility index (Phi) is 7.58. The van der Waals surface area contributed by atoms with Crippen LogP contribution in [-0.2, 0) is 21.2 Å². The van der Waals surface area contributed by atoms with E-state index >= 15 is 0 Å². The molecular weight excluding hydrogens is 406 g/mol. The summed E-state index contributed by atoms with van der Waals surface area (Å²) in [5, 5.41) is 2.79. The second-order valence-electron chi connectivity index (χ2n) is 6.98. The lowest BCUT2D eigenvalue weighted by molar-refractivity contribution is -0.120. The highest BCUT2D eigenvalue weighted by Gasteiger charge is 2.27. The van der Waals surface area contributed by atoms with E-state index in [1.54, 1.807) is 37.7 Å². The summed E-state index contributed by atoms with van der Waals surface area (Å²) in [5.74, 6) is 1.24. The number of benzene rings is 1. The molecule has 2 heterocycles. The van der Waals surface area contributed by atoms with Crippen LogP contribution in [0.3, 0.4) is 0 Å². The van der Waals surface area contributed by atoms with E-state index in [1.807, 2.05) is 17.0 Å². The van der Waals surface area contributed by atoms with E-state index < -0.39 is 10.0 Å². The first-order valence-corrected chi connectivity index (χ1v) is 11.5. The molecule has 1 aromatic heterocycles. The molecule has 1 saturated heterocycles. The van der Waals surface area contributed by atoms with Gasteiger partial charge in [0.2, 0.25) is 21.9 Å². The van der Waals surface area contributed by atoms with Crippen molar-refractivity contribution in [3.63, 3.8) is 0 Å². The predicted molar refractivity (Wildman–Crippen MR) is 114 cm³/mol. The van der Waals surface area contributed by atoms with Crippen molar-refractivity contribution < 1.29 is 17.9 Å². The number of sulfonamides is 1. The van der Waals surface area contributed by atoms with Gasteiger partial charge < -0.3 is 15.0 Å². The minimum atomic E-state index is -3.35. The lowest BCUT2D eigenvalue weighted by Gasteiger charge is -2.33. The lowest BCUT2D eigenvalue weighted by atomic mass is 10.1. The maximum Gasteiger partial charge on any atom is 0.225 e. The number of aromatic nitrogens is 2. The van der Waals surface area contributed by atoms with E-state index in [2.05, 4.69) is 15.3 Å². The maximum absolute atomic E-state index is 12.6. The van der Waals surface area contributed by atoms with Crippen LogP contribution in [0, 0.1) is 0 Å². The Hall–Kier alpha value is -2.72. The molecule has 1 amide bonds. The zero-order valence-corrected chi connectivity index (χ0v) is 17.8. The first-order valence-electron chi connectivity index (χ1n) is 9.87. The second-order valence-corrected chi connectivity index (χ2v) is 9.07. The van der Waals surface area contributed by atoms with Gasteiger partial charge >= 0.3 is 0 Å². The Morgan fingerprint density at radius 2 is 1.77 bits per heavy atom. The standard InChI is InChI=1S/C20H27N5O4S/c1-29-18-6-4-17(5-7-18)16-19(26)21-10-3-15-30(27,28)25-13-11-24(12-14-25)20-22-8-2-9-23-20/h2,4-9H,3,10-16H2,1H3,(H,21,26). The smallest absolute Gasteiger partial charge is 0.225 e. The van der Waals surface area contributed by atoms with E-state index in [4.69, 9.17) is 4.74 Å². The first kappa shape index (κ1) is 22.0. The van der Waals surface area contributed by atoms with Crippen molar-refractivity contribution in [1.82, 2.24) is 19.6 Å². The van der Waals surface area contributed by atoms with Crippen molar-refractivity contribution >= 4 is 21.9 Å². The predicted octanol–water partition coefficient (Wildman–Crippen LogP) is 0.686. The molecule has 1 aliphatic rings. The summed E-state index contributed by atoms with van der Waals surface area (Å²) < 4.78 is 31.8. The van der Waals surface area contributed by atoms with Gasteiger partial charge in [-0.3, -0.25) is 4.79 Å². The maximum atomic E-state index is 12.6. The number of rotatable bonds is 9. The molecule has 0 radical (unpaired) electrons. The van der Waals surface area contributed by atoms with Crippen LogP contribution in [0.25, 0.3) is 0 Å². The summed E-state index contributed by atoms with van der Waals surface area (Å²) in [4.78, 5) is 22.4. The monoisotopic (exact) mass is 433 g/mol. The van der Waals surface area contributed by atoms with E-state index in [9.17, 15) is 13.2 Å². The molecule has 1 aliphatic heterocycles. The van der Waals surface area contributed by atoms with Crippen LogP contribution < -0.4 is 15.0 Å². The minimum absolute atomic E-state index is 0.0116. The Bertz CT molecular complexity index is 914. The van der Waals surface area contributed by atoms with Gasteiger partial charge in [0.1, 0.15) is 5.75 Å². The molecule has 0 atom stereocenters. The average Bonchev–Trinajstić information content (AvgIpc) is 2.78. The molecule has 9 nitrogen and oxygen atoms in total. The number of amides is 1. The van der Waals surface area contributed by atoms with Crippen LogP contribution in [-0.4, -0.2) is 74.2 Å². The third-order valence-electron chi connectivity index (χ3n) is 4.89. The zero-order chi connectivity index (χ0) is 21.4. The number of piperazine rings is 1. The fraction of sp³-hybridized carbons (Fsp3) is 0.450. The molecule has 162 valence electrons. The van der Waals surface area contributed by atoms with Gasteiger partial charge in [-0.2, -0.15) is 4.31 Å². The number of hydrogen-bond donors (Lipinski definition) is 1. The Balaban J connectivity index is 1.37. The fourth-order valence-electron chi connectivity index (χ4n) is 3.22. The van der Waals surface area contributed by atoms with Crippen LogP contribution in [0.4, 0.5) is 5.95 Å². The Labute approximate surface area is 177 Å². The number of carbonyl (C=O) groups is 1. The van der Waals surface area contributed by atoms with Gasteiger partial charge in [-0.05, 0) is 30.2 Å². The van der Waals surface area contributed by atoms with Crippen molar-refractivity contribution in [3.05, 3.63) is 48.3 Å². The van der Waals surface area contributed by atoms with Crippen LogP contribution in [0.15, 0.2) is 42.7 Å². The molecule has 1 N–H and O–H groups in total. The molecule has 0 spiro atoms. The summed E-state index contributed by atoms with van der Waals surface area (Å²) >= 11 is 0. The second kappa shape index (κ2) is 10.4. The topological polar surface area (TPSA) is 105 Å². The highest BCUT2D eigenvalue weighted by Crippen LogP contribution is 2.14. The van der Waals surface area contributed by atoms with Gasteiger partial charge in [0, 0.05) is 45.1 Å². The number of hydrogen-bond acceptors (Lipinski definition) is 7. The quantitative estimate of drug-likeness (QED) is 0.580. The molecule has 3 rings (SSSR count). The zero-order valence-electron chi connectivity index (χ0n) is 17.0. The summed E-state index contributed by atoms with van der Waals surface area (Å²) in [5.41, 5.74) is 0.876. The Morgan fingerprint density at radius 1 is 1.10 bits per heavy atom. The van der Waals surface area contributed by atoms with Crippen molar-refractivity contribution in [2.45, 2.75) is 12.8 Å². The molecule has 2 aromatic rings. The van der Waals surface area contributed by atoms with Gasteiger partial charge in [0.05, 0.1) is 19.3 Å². The van der Waals surface area contributed by atoms with Gasteiger partial charge in [-0.15, -0.1) is 0 Å². The van der Waals surface area contributed by atoms with Crippen LogP contribution in [0.5, 0.6) is 5.75 Å². The normalized spacial score (nSPS) is 15.0. The average molecular weight is 434 g/mol. The van der Waals surface area contributed by atoms with Crippen molar-refractivity contribution in [2.24, 2.45) is 0 Å². The largest absolute Gasteiger partial charge is 0.497 e. The summed E-state index contributed by atoms with van der Waals surface area (Å²) in [6, 6.07) is 9.03. The summed E-state index contributed by atoms with van der Waals surface area (Å²) in [6.07, 6.45) is 3.97. The van der Waals surface area contributed by atoms with Gasteiger partial charge in [-0.1, -0.05) is 12.1 Å². The number of nitrogens with zero attached hydrogens (tertiary/aromatic N) is 4. The minimum Gasteiger partial charge on any atom is -0.497 e. The molecular formula is C20H27N5O4S. The number of nitrogens with one attached hydrogen (secondary N) is 1. The van der Waals surface area contributed by atoms with Crippen molar-refractivity contribution in [2.75, 3.05) is 50.5 Å². The van der Waals surface area contributed by atoms with Crippen molar-refractivity contribution in [1.29, 1.82) is 0 Å². The Morgan fingerprint density at radius 3 is 2.40 bits per heavy atom. The van der Waals surface area contributed by atoms with Crippen LogP contribution in [0.2, 0.25) is 0 Å². The number of anilines is 1. The third kappa shape index (κ3) is 6.14. The molecule has 1 aromatic carbocycles. The van der Waals surface area contributed by atoms with E-state index in [0.29, 0.717) is 45.1 Å².